The minimum absolute atomic E-state index is 0.0268. The van der Waals surface area contributed by atoms with Crippen LogP contribution < -0.4 is 10.1 Å². The van der Waals surface area contributed by atoms with Gasteiger partial charge >= 0.3 is 0 Å². The molecule has 0 atom stereocenters. The molecule has 2 amide bonds. The molecule has 0 saturated carbocycles. The molecule has 0 radical (unpaired) electrons. The zero-order valence-electron chi connectivity index (χ0n) is 14.0. The van der Waals surface area contributed by atoms with Crippen LogP contribution in [0.4, 0.5) is 0 Å². The fourth-order valence-electron chi connectivity index (χ4n) is 2.63. The lowest BCUT2D eigenvalue weighted by Crippen LogP contribution is -2.44. The predicted octanol–water partition coefficient (Wildman–Crippen LogP) is 3.79. The van der Waals surface area contributed by atoms with Gasteiger partial charge in [0.05, 0.1) is 15.1 Å². The van der Waals surface area contributed by atoms with Gasteiger partial charge in [0.15, 0.2) is 6.61 Å². The highest BCUT2D eigenvalue weighted by molar-refractivity contribution is 6.43. The van der Waals surface area contributed by atoms with Crippen LogP contribution in [0.25, 0.3) is 0 Å². The molecular weight excluding hydrogens is 387 g/mol. The maximum atomic E-state index is 12.3. The third kappa shape index (κ3) is 5.66. The first-order chi connectivity index (χ1) is 11.9. The minimum atomic E-state index is -0.144. The van der Waals surface area contributed by atoms with Crippen molar-refractivity contribution in [2.75, 3.05) is 26.2 Å². The maximum Gasteiger partial charge on any atom is 0.260 e. The Morgan fingerprint density at radius 1 is 1.16 bits per heavy atom. The summed E-state index contributed by atoms with van der Waals surface area (Å²) in [5.74, 6) is 0.224. The van der Waals surface area contributed by atoms with E-state index in [1.54, 1.807) is 4.90 Å². The molecular formula is C17H21Cl3N2O3. The number of hydrogen-bond acceptors (Lipinski definition) is 3. The van der Waals surface area contributed by atoms with Gasteiger partial charge in [0, 0.05) is 31.6 Å². The average molecular weight is 408 g/mol. The summed E-state index contributed by atoms with van der Waals surface area (Å²) in [6, 6.07) is 2.97. The molecule has 25 heavy (non-hydrogen) atoms. The Balaban J connectivity index is 1.81. The van der Waals surface area contributed by atoms with Crippen LogP contribution in [0.5, 0.6) is 5.75 Å². The van der Waals surface area contributed by atoms with Crippen molar-refractivity contribution in [3.05, 3.63) is 27.2 Å². The molecule has 138 valence electrons. The number of likely N-dealkylation sites (tertiary alicyclic amines) is 1. The Labute approximate surface area is 162 Å². The Morgan fingerprint density at radius 2 is 1.80 bits per heavy atom. The molecule has 1 heterocycles. The van der Waals surface area contributed by atoms with Crippen LogP contribution in [0.2, 0.25) is 15.1 Å². The lowest BCUT2D eigenvalue weighted by Gasteiger charge is -2.31. The van der Waals surface area contributed by atoms with Gasteiger partial charge in [-0.15, -0.1) is 0 Å². The molecule has 8 heteroatoms. The van der Waals surface area contributed by atoms with Crippen molar-refractivity contribution in [2.24, 2.45) is 5.92 Å². The average Bonchev–Trinajstić information content (AvgIpc) is 2.61. The summed E-state index contributed by atoms with van der Waals surface area (Å²) in [5.41, 5.74) is 0. The second-order valence-corrected chi connectivity index (χ2v) is 7.15. The van der Waals surface area contributed by atoms with Gasteiger partial charge in [0.1, 0.15) is 5.75 Å². The second kappa shape index (κ2) is 9.51. The molecule has 1 aromatic carbocycles. The van der Waals surface area contributed by atoms with Crippen molar-refractivity contribution < 1.29 is 14.3 Å². The largest absolute Gasteiger partial charge is 0.482 e. The monoisotopic (exact) mass is 406 g/mol. The number of halogens is 3. The Bertz CT molecular complexity index is 632. The summed E-state index contributed by atoms with van der Waals surface area (Å²) in [6.45, 7) is 3.66. The van der Waals surface area contributed by atoms with E-state index in [0.29, 0.717) is 53.3 Å². The molecule has 0 bridgehead atoms. The highest BCUT2D eigenvalue weighted by Crippen LogP contribution is 2.33. The van der Waals surface area contributed by atoms with Gasteiger partial charge in [-0.3, -0.25) is 9.59 Å². The van der Waals surface area contributed by atoms with E-state index in [-0.39, 0.29) is 24.3 Å². The van der Waals surface area contributed by atoms with Crippen molar-refractivity contribution in [3.8, 4) is 5.75 Å². The SMILES string of the molecule is CCCNC(=O)C1CCN(C(=O)COc2cc(Cl)c(Cl)cc2Cl)CC1. The van der Waals surface area contributed by atoms with Crippen LogP contribution >= 0.6 is 34.8 Å². The van der Waals surface area contributed by atoms with Crippen molar-refractivity contribution >= 4 is 46.6 Å². The standard InChI is InChI=1S/C17H21Cl3N2O3/c1-2-5-21-17(24)11-3-6-22(7-4-11)16(23)10-25-15-9-13(19)12(18)8-14(15)20/h8-9,11H,2-7,10H2,1H3,(H,21,24). The van der Waals surface area contributed by atoms with E-state index >= 15 is 0 Å². The summed E-state index contributed by atoms with van der Waals surface area (Å²) in [6.07, 6.45) is 2.24. The van der Waals surface area contributed by atoms with Crippen molar-refractivity contribution in [1.82, 2.24) is 10.2 Å². The molecule has 0 unspecified atom stereocenters. The number of nitrogens with one attached hydrogen (secondary N) is 1. The lowest BCUT2D eigenvalue weighted by atomic mass is 9.96. The normalized spacial score (nSPS) is 15.1. The molecule has 1 N–H and O–H groups in total. The highest BCUT2D eigenvalue weighted by Gasteiger charge is 2.27. The zero-order valence-corrected chi connectivity index (χ0v) is 16.3. The van der Waals surface area contributed by atoms with E-state index < -0.39 is 0 Å². The molecule has 1 aliphatic heterocycles. The Kier molecular flexibility index (Phi) is 7.66. The van der Waals surface area contributed by atoms with Crippen LogP contribution in [0, 0.1) is 5.92 Å². The Hall–Kier alpha value is -1.17. The smallest absolute Gasteiger partial charge is 0.260 e. The van der Waals surface area contributed by atoms with E-state index in [9.17, 15) is 9.59 Å². The van der Waals surface area contributed by atoms with Gasteiger partial charge in [-0.1, -0.05) is 41.7 Å². The fraction of sp³-hybridized carbons (Fsp3) is 0.529. The van der Waals surface area contributed by atoms with E-state index in [0.717, 1.165) is 6.42 Å². The molecule has 2 rings (SSSR count). The first kappa shape index (κ1) is 20.1. The quantitative estimate of drug-likeness (QED) is 0.730. The van der Waals surface area contributed by atoms with E-state index in [1.807, 2.05) is 6.92 Å². The summed E-state index contributed by atoms with van der Waals surface area (Å²) in [4.78, 5) is 25.9. The summed E-state index contributed by atoms with van der Waals surface area (Å²) in [5, 5.41) is 3.84. The van der Waals surface area contributed by atoms with Crippen LogP contribution in [0.15, 0.2) is 12.1 Å². The van der Waals surface area contributed by atoms with Crippen LogP contribution in [0.1, 0.15) is 26.2 Å². The minimum Gasteiger partial charge on any atom is -0.482 e. The molecule has 1 aromatic rings. The topological polar surface area (TPSA) is 58.6 Å². The zero-order chi connectivity index (χ0) is 18.4. The van der Waals surface area contributed by atoms with Crippen LogP contribution in [-0.2, 0) is 9.59 Å². The summed E-state index contributed by atoms with van der Waals surface area (Å²) < 4.78 is 5.47. The molecule has 0 spiro atoms. The van der Waals surface area contributed by atoms with Crippen LogP contribution in [0.3, 0.4) is 0 Å². The predicted molar refractivity (Wildman–Crippen MR) is 99.6 cm³/mol. The van der Waals surface area contributed by atoms with Gasteiger partial charge in [-0.25, -0.2) is 0 Å². The number of carbonyl (C=O) groups excluding carboxylic acids is 2. The molecule has 5 nitrogen and oxygen atoms in total. The molecule has 1 fully saturated rings. The van der Waals surface area contributed by atoms with Crippen molar-refractivity contribution in [2.45, 2.75) is 26.2 Å². The summed E-state index contributed by atoms with van der Waals surface area (Å²) >= 11 is 17.8. The number of rotatable bonds is 6. The third-order valence-electron chi connectivity index (χ3n) is 4.09. The second-order valence-electron chi connectivity index (χ2n) is 5.93. The first-order valence-electron chi connectivity index (χ1n) is 8.25. The van der Waals surface area contributed by atoms with Gasteiger partial charge < -0.3 is 15.0 Å². The molecule has 0 aliphatic carbocycles. The van der Waals surface area contributed by atoms with Crippen molar-refractivity contribution in [1.29, 1.82) is 0 Å². The lowest BCUT2D eigenvalue weighted by molar-refractivity contribution is -0.137. The van der Waals surface area contributed by atoms with Gasteiger partial charge in [-0.2, -0.15) is 0 Å². The number of hydrogen-bond donors (Lipinski definition) is 1. The van der Waals surface area contributed by atoms with Gasteiger partial charge in [-0.05, 0) is 25.3 Å². The van der Waals surface area contributed by atoms with E-state index in [4.69, 9.17) is 39.5 Å². The number of ether oxygens (including phenoxy) is 1. The van der Waals surface area contributed by atoms with Gasteiger partial charge in [0.25, 0.3) is 5.91 Å². The highest BCUT2D eigenvalue weighted by atomic mass is 35.5. The fourth-order valence-corrected chi connectivity index (χ4v) is 3.22. The number of carbonyl (C=O) groups is 2. The van der Waals surface area contributed by atoms with Crippen LogP contribution in [-0.4, -0.2) is 43.0 Å². The molecule has 1 saturated heterocycles. The van der Waals surface area contributed by atoms with Gasteiger partial charge in [0.2, 0.25) is 5.91 Å². The number of nitrogens with zero attached hydrogens (tertiary/aromatic N) is 1. The Morgan fingerprint density at radius 3 is 2.44 bits per heavy atom. The van der Waals surface area contributed by atoms with E-state index in [1.165, 1.54) is 12.1 Å². The van der Waals surface area contributed by atoms with E-state index in [2.05, 4.69) is 5.32 Å². The number of amides is 2. The number of benzene rings is 1. The molecule has 1 aliphatic rings. The third-order valence-corrected chi connectivity index (χ3v) is 5.11. The molecule has 0 aromatic heterocycles. The number of piperidine rings is 1. The summed E-state index contributed by atoms with van der Waals surface area (Å²) in [7, 11) is 0. The van der Waals surface area contributed by atoms with Crippen molar-refractivity contribution in [3.63, 3.8) is 0 Å². The first-order valence-corrected chi connectivity index (χ1v) is 9.38. The maximum absolute atomic E-state index is 12.3.